The average Bonchev–Trinajstić information content (AvgIpc) is 3.17. The summed E-state index contributed by atoms with van der Waals surface area (Å²) >= 11 is 0. The first-order valence-corrected chi connectivity index (χ1v) is 16.2. The summed E-state index contributed by atoms with van der Waals surface area (Å²) in [6, 6.07) is 61.6. The number of hydrogen-bond donors (Lipinski definition) is 0. The van der Waals surface area contributed by atoms with Crippen LogP contribution in [0.4, 0.5) is 0 Å². The zero-order valence-electron chi connectivity index (χ0n) is 26.1. The Hall–Kier alpha value is -6.45. The Labute approximate surface area is 278 Å². The highest BCUT2D eigenvalue weighted by Crippen LogP contribution is 2.40. The molecule has 8 aromatic carbocycles. The van der Waals surface area contributed by atoms with Crippen molar-refractivity contribution < 1.29 is 0 Å². The van der Waals surface area contributed by atoms with Crippen LogP contribution in [0.3, 0.4) is 0 Å². The van der Waals surface area contributed by atoms with Gasteiger partial charge in [-0.3, -0.25) is 0 Å². The number of fused-ring (bicyclic) bond motifs is 4. The molecule has 9 aromatic rings. The molecule has 0 aliphatic rings. The molecular formula is C45H29N3. The summed E-state index contributed by atoms with van der Waals surface area (Å²) in [6.45, 7) is 0. The van der Waals surface area contributed by atoms with Gasteiger partial charge < -0.3 is 0 Å². The average molecular weight is 612 g/mol. The molecule has 0 N–H and O–H groups in total. The van der Waals surface area contributed by atoms with Gasteiger partial charge in [-0.1, -0.05) is 164 Å². The minimum absolute atomic E-state index is 0.637. The van der Waals surface area contributed by atoms with Crippen LogP contribution in [0.25, 0.3) is 88.7 Å². The molecule has 224 valence electrons. The van der Waals surface area contributed by atoms with E-state index >= 15 is 0 Å². The van der Waals surface area contributed by atoms with E-state index in [-0.39, 0.29) is 0 Å². The summed E-state index contributed by atoms with van der Waals surface area (Å²) in [6.07, 6.45) is 0. The van der Waals surface area contributed by atoms with Crippen molar-refractivity contribution >= 4 is 32.3 Å². The molecule has 0 fully saturated rings. The third-order valence-electron chi connectivity index (χ3n) is 9.11. The fraction of sp³-hybridized carbons (Fsp3) is 0. The highest BCUT2D eigenvalue weighted by atomic mass is 15.0. The molecule has 0 saturated carbocycles. The Morgan fingerprint density at radius 3 is 1.67 bits per heavy atom. The predicted octanol–water partition coefficient (Wildman–Crippen LogP) is 11.7. The van der Waals surface area contributed by atoms with Crippen molar-refractivity contribution in [2.75, 3.05) is 0 Å². The first-order chi connectivity index (χ1) is 23.8. The van der Waals surface area contributed by atoms with Gasteiger partial charge in [0.15, 0.2) is 17.5 Å². The maximum Gasteiger partial charge on any atom is 0.165 e. The van der Waals surface area contributed by atoms with Crippen molar-refractivity contribution in [3.63, 3.8) is 0 Å². The van der Waals surface area contributed by atoms with E-state index in [1.807, 2.05) is 12.1 Å². The lowest BCUT2D eigenvalue weighted by Gasteiger charge is -2.16. The van der Waals surface area contributed by atoms with E-state index in [2.05, 4.69) is 164 Å². The molecule has 0 radical (unpaired) electrons. The number of hydrogen-bond acceptors (Lipinski definition) is 3. The van der Waals surface area contributed by atoms with Crippen molar-refractivity contribution in [2.45, 2.75) is 0 Å². The number of nitrogens with zero attached hydrogens (tertiary/aromatic N) is 3. The second-order valence-electron chi connectivity index (χ2n) is 12.0. The normalized spacial score (nSPS) is 11.3. The van der Waals surface area contributed by atoms with Crippen LogP contribution in [0.2, 0.25) is 0 Å². The molecule has 0 atom stereocenters. The molecule has 1 heterocycles. The molecule has 3 heteroatoms. The lowest BCUT2D eigenvalue weighted by Crippen LogP contribution is -2.02. The van der Waals surface area contributed by atoms with E-state index < -0.39 is 0 Å². The zero-order chi connectivity index (χ0) is 31.9. The second kappa shape index (κ2) is 11.7. The lowest BCUT2D eigenvalue weighted by atomic mass is 9.93. The molecule has 0 unspecified atom stereocenters. The first kappa shape index (κ1) is 27.8. The van der Waals surface area contributed by atoms with E-state index in [4.69, 9.17) is 15.0 Å². The molecule has 1 aromatic heterocycles. The largest absolute Gasteiger partial charge is 0.208 e. The predicted molar refractivity (Wildman–Crippen MR) is 200 cm³/mol. The van der Waals surface area contributed by atoms with Crippen LogP contribution in [0.5, 0.6) is 0 Å². The summed E-state index contributed by atoms with van der Waals surface area (Å²) in [5.41, 5.74) is 7.36. The van der Waals surface area contributed by atoms with Gasteiger partial charge in [0.1, 0.15) is 0 Å². The molecule has 48 heavy (non-hydrogen) atoms. The smallest absolute Gasteiger partial charge is 0.165 e. The van der Waals surface area contributed by atoms with E-state index in [1.54, 1.807) is 0 Å². The number of rotatable bonds is 5. The molecule has 0 aliphatic carbocycles. The van der Waals surface area contributed by atoms with Gasteiger partial charge in [-0.15, -0.1) is 0 Å². The Morgan fingerprint density at radius 1 is 0.271 bits per heavy atom. The molecule has 3 nitrogen and oxygen atoms in total. The van der Waals surface area contributed by atoms with Crippen LogP contribution < -0.4 is 0 Å². The molecule has 0 bridgehead atoms. The lowest BCUT2D eigenvalue weighted by molar-refractivity contribution is 1.08. The summed E-state index contributed by atoms with van der Waals surface area (Å²) < 4.78 is 0. The van der Waals surface area contributed by atoms with Gasteiger partial charge in [0.25, 0.3) is 0 Å². The maximum atomic E-state index is 5.32. The highest BCUT2D eigenvalue weighted by molar-refractivity contribution is 6.19. The van der Waals surface area contributed by atoms with Crippen LogP contribution in [-0.2, 0) is 0 Å². The topological polar surface area (TPSA) is 38.7 Å². The van der Waals surface area contributed by atoms with Crippen LogP contribution in [0.15, 0.2) is 176 Å². The molecule has 0 saturated heterocycles. The Balaban J connectivity index is 1.36. The monoisotopic (exact) mass is 611 g/mol. The highest BCUT2D eigenvalue weighted by Gasteiger charge is 2.20. The van der Waals surface area contributed by atoms with Crippen molar-refractivity contribution in [3.8, 4) is 56.4 Å². The van der Waals surface area contributed by atoms with Gasteiger partial charge in [-0.05, 0) is 66.7 Å². The first-order valence-electron chi connectivity index (χ1n) is 16.2. The third-order valence-corrected chi connectivity index (χ3v) is 9.11. The second-order valence-corrected chi connectivity index (χ2v) is 12.0. The Bertz CT molecular complexity index is 2610. The van der Waals surface area contributed by atoms with E-state index in [9.17, 15) is 0 Å². The van der Waals surface area contributed by atoms with E-state index in [1.165, 1.54) is 16.2 Å². The molecule has 0 spiro atoms. The fourth-order valence-electron chi connectivity index (χ4n) is 6.81. The summed E-state index contributed by atoms with van der Waals surface area (Å²) in [5, 5.41) is 6.97. The summed E-state index contributed by atoms with van der Waals surface area (Å²) in [5.74, 6) is 1.93. The van der Waals surface area contributed by atoms with E-state index in [0.29, 0.717) is 17.5 Å². The van der Waals surface area contributed by atoms with Gasteiger partial charge in [-0.2, -0.15) is 0 Å². The van der Waals surface area contributed by atoms with Gasteiger partial charge in [0.2, 0.25) is 0 Å². The van der Waals surface area contributed by atoms with Crippen molar-refractivity contribution in [1.29, 1.82) is 0 Å². The van der Waals surface area contributed by atoms with Crippen LogP contribution in [-0.4, -0.2) is 15.0 Å². The molecule has 0 amide bonds. The number of aromatic nitrogens is 3. The van der Waals surface area contributed by atoms with Crippen LogP contribution in [0, 0.1) is 0 Å². The zero-order valence-corrected chi connectivity index (χ0v) is 26.1. The molecule has 9 rings (SSSR count). The van der Waals surface area contributed by atoms with Crippen LogP contribution in [0.1, 0.15) is 0 Å². The van der Waals surface area contributed by atoms with Crippen molar-refractivity contribution in [3.05, 3.63) is 176 Å². The van der Waals surface area contributed by atoms with Crippen molar-refractivity contribution in [2.24, 2.45) is 0 Å². The van der Waals surface area contributed by atoms with Gasteiger partial charge >= 0.3 is 0 Å². The standard InChI is InChI=1S/C45H29N3/c1-3-14-30(15-4-1)33-20-13-21-35(28-33)43-46-44(40-25-12-11-22-36(40)31-16-5-2-6-17-31)48-45(47-43)42-38-24-10-8-19-34(38)29-41-37-23-9-7-18-32(37)26-27-39(41)42/h1-29H. The quantitative estimate of drug-likeness (QED) is 0.144. The summed E-state index contributed by atoms with van der Waals surface area (Å²) in [7, 11) is 0. The molecule has 0 aliphatic heterocycles. The minimum atomic E-state index is 0.637. The van der Waals surface area contributed by atoms with Gasteiger partial charge in [0.05, 0.1) is 0 Å². The fourth-order valence-corrected chi connectivity index (χ4v) is 6.81. The molecular weight excluding hydrogens is 583 g/mol. The SMILES string of the molecule is c1ccc(-c2cccc(-c3nc(-c4ccccc4-c4ccccc4)nc(-c4c5ccccc5cc5c4ccc4ccccc45)n3)c2)cc1. The van der Waals surface area contributed by atoms with Crippen molar-refractivity contribution in [1.82, 2.24) is 15.0 Å². The Kier molecular flexibility index (Phi) is 6.80. The van der Waals surface area contributed by atoms with Crippen LogP contribution >= 0.6 is 0 Å². The summed E-state index contributed by atoms with van der Waals surface area (Å²) in [4.78, 5) is 15.8. The number of benzene rings is 8. The van der Waals surface area contributed by atoms with E-state index in [0.717, 1.165) is 55.1 Å². The third kappa shape index (κ3) is 4.90. The minimum Gasteiger partial charge on any atom is -0.208 e. The van der Waals surface area contributed by atoms with Gasteiger partial charge in [-0.25, -0.2) is 15.0 Å². The Morgan fingerprint density at radius 2 is 0.854 bits per heavy atom. The maximum absolute atomic E-state index is 5.32. The van der Waals surface area contributed by atoms with Gasteiger partial charge in [0, 0.05) is 16.7 Å².